The number of nitrogens with one attached hydrogen (secondary N) is 1. The van der Waals surface area contributed by atoms with Gasteiger partial charge in [-0.1, -0.05) is 24.3 Å². The third kappa shape index (κ3) is 5.53. The van der Waals surface area contributed by atoms with Crippen LogP contribution in [-0.2, 0) is 16.3 Å². The first-order chi connectivity index (χ1) is 11.8. The lowest BCUT2D eigenvalue weighted by Gasteiger charge is -2.09. The van der Waals surface area contributed by atoms with Crippen molar-refractivity contribution in [3.63, 3.8) is 0 Å². The minimum Gasteiger partial charge on any atom is -0.435 e. The summed E-state index contributed by atoms with van der Waals surface area (Å²) < 4.78 is 51.8. The molecule has 1 amide bonds. The molecule has 134 valence electrons. The van der Waals surface area contributed by atoms with Crippen molar-refractivity contribution in [1.82, 2.24) is 5.32 Å². The summed E-state index contributed by atoms with van der Waals surface area (Å²) in [5, 5.41) is 2.65. The Balaban J connectivity index is 1.95. The molecule has 0 heterocycles. The molecule has 0 radical (unpaired) electrons. The number of hydrogen-bond acceptors (Lipinski definition) is 4. The lowest BCUT2D eigenvalue weighted by Crippen LogP contribution is -2.27. The standard InChI is InChI=1S/C17H17F2NO4S/c1-25(22,23)15-5-3-2-4-14(15)16(21)20-11-10-12-6-8-13(9-7-12)24-17(18)19/h2-9,17H,10-11H2,1H3,(H,20,21). The van der Waals surface area contributed by atoms with Gasteiger partial charge in [0.15, 0.2) is 9.84 Å². The molecule has 0 aromatic heterocycles. The second-order valence-electron chi connectivity index (χ2n) is 5.30. The van der Waals surface area contributed by atoms with Crippen LogP contribution in [0.2, 0.25) is 0 Å². The Kier molecular flexibility index (Phi) is 6.08. The Labute approximate surface area is 144 Å². The molecule has 2 aromatic rings. The molecule has 8 heteroatoms. The van der Waals surface area contributed by atoms with E-state index in [0.717, 1.165) is 11.8 Å². The second kappa shape index (κ2) is 8.06. The maximum Gasteiger partial charge on any atom is 0.387 e. The number of hydrogen-bond donors (Lipinski definition) is 1. The van der Waals surface area contributed by atoms with Gasteiger partial charge >= 0.3 is 6.61 Å². The van der Waals surface area contributed by atoms with Gasteiger partial charge in [-0.2, -0.15) is 8.78 Å². The highest BCUT2D eigenvalue weighted by atomic mass is 32.2. The van der Waals surface area contributed by atoms with Gasteiger partial charge in [-0.25, -0.2) is 8.42 Å². The Morgan fingerprint density at radius 2 is 1.76 bits per heavy atom. The summed E-state index contributed by atoms with van der Waals surface area (Å²) in [4.78, 5) is 12.2. The van der Waals surface area contributed by atoms with Crippen molar-refractivity contribution in [3.05, 3.63) is 59.7 Å². The van der Waals surface area contributed by atoms with Crippen molar-refractivity contribution < 1.29 is 26.7 Å². The molecule has 0 spiro atoms. The largest absolute Gasteiger partial charge is 0.435 e. The van der Waals surface area contributed by atoms with Crippen LogP contribution in [0.15, 0.2) is 53.4 Å². The number of benzene rings is 2. The highest BCUT2D eigenvalue weighted by Crippen LogP contribution is 2.16. The van der Waals surface area contributed by atoms with Gasteiger partial charge < -0.3 is 10.1 Å². The van der Waals surface area contributed by atoms with Crippen LogP contribution >= 0.6 is 0 Å². The average Bonchev–Trinajstić information content (AvgIpc) is 2.55. The first-order valence-corrected chi connectivity index (χ1v) is 9.27. The van der Waals surface area contributed by atoms with E-state index in [1.165, 1.54) is 24.3 Å². The molecule has 0 saturated heterocycles. The fourth-order valence-corrected chi connectivity index (χ4v) is 3.12. The Bertz CT molecular complexity index is 836. The molecule has 0 unspecified atom stereocenters. The van der Waals surface area contributed by atoms with Crippen molar-refractivity contribution in [2.75, 3.05) is 12.8 Å². The lowest BCUT2D eigenvalue weighted by atomic mass is 10.1. The average molecular weight is 369 g/mol. The van der Waals surface area contributed by atoms with E-state index in [2.05, 4.69) is 10.1 Å². The molecule has 1 N–H and O–H groups in total. The van der Waals surface area contributed by atoms with Crippen molar-refractivity contribution >= 4 is 15.7 Å². The highest BCUT2D eigenvalue weighted by molar-refractivity contribution is 7.90. The van der Waals surface area contributed by atoms with E-state index >= 15 is 0 Å². The van der Waals surface area contributed by atoms with E-state index < -0.39 is 22.4 Å². The minimum atomic E-state index is -3.51. The van der Waals surface area contributed by atoms with Crippen molar-refractivity contribution in [3.8, 4) is 5.75 Å². The van der Waals surface area contributed by atoms with Crippen molar-refractivity contribution in [2.24, 2.45) is 0 Å². The maximum atomic E-state index is 12.2. The summed E-state index contributed by atoms with van der Waals surface area (Å²) in [6.07, 6.45) is 1.50. The third-order valence-corrected chi connectivity index (χ3v) is 4.53. The van der Waals surface area contributed by atoms with Gasteiger partial charge in [-0.15, -0.1) is 0 Å². The Hall–Kier alpha value is -2.48. The minimum absolute atomic E-state index is 0.0269. The van der Waals surface area contributed by atoms with E-state index in [4.69, 9.17) is 0 Å². The van der Waals surface area contributed by atoms with Gasteiger partial charge in [0.2, 0.25) is 0 Å². The lowest BCUT2D eigenvalue weighted by molar-refractivity contribution is -0.0498. The topological polar surface area (TPSA) is 72.5 Å². The van der Waals surface area contributed by atoms with Crippen LogP contribution in [0.5, 0.6) is 5.75 Å². The number of sulfone groups is 1. The molecule has 0 bridgehead atoms. The third-order valence-electron chi connectivity index (χ3n) is 3.38. The number of amides is 1. The van der Waals surface area contributed by atoms with Gasteiger partial charge in [0.25, 0.3) is 5.91 Å². The predicted molar refractivity (Wildman–Crippen MR) is 88.7 cm³/mol. The van der Waals surface area contributed by atoms with Gasteiger partial charge in [-0.05, 0) is 36.2 Å². The molecule has 0 aliphatic carbocycles. The molecule has 2 aromatic carbocycles. The van der Waals surface area contributed by atoms with E-state index in [1.54, 1.807) is 24.3 Å². The molecular formula is C17H17F2NO4S. The van der Waals surface area contributed by atoms with E-state index in [-0.39, 0.29) is 22.8 Å². The normalized spacial score (nSPS) is 11.4. The zero-order valence-corrected chi connectivity index (χ0v) is 14.2. The SMILES string of the molecule is CS(=O)(=O)c1ccccc1C(=O)NCCc1ccc(OC(F)F)cc1. The summed E-state index contributed by atoms with van der Waals surface area (Å²) in [5.74, 6) is -0.427. The summed E-state index contributed by atoms with van der Waals surface area (Å²) >= 11 is 0. The monoisotopic (exact) mass is 369 g/mol. The highest BCUT2D eigenvalue weighted by Gasteiger charge is 2.17. The Morgan fingerprint density at radius 3 is 2.36 bits per heavy atom. The Morgan fingerprint density at radius 1 is 1.12 bits per heavy atom. The molecule has 0 fully saturated rings. The fraction of sp³-hybridized carbons (Fsp3) is 0.235. The van der Waals surface area contributed by atoms with Crippen LogP contribution in [0.4, 0.5) is 8.78 Å². The van der Waals surface area contributed by atoms with E-state index in [9.17, 15) is 22.0 Å². The zero-order valence-electron chi connectivity index (χ0n) is 13.4. The zero-order chi connectivity index (χ0) is 18.4. The van der Waals surface area contributed by atoms with Gasteiger partial charge in [0.1, 0.15) is 5.75 Å². The molecule has 0 atom stereocenters. The smallest absolute Gasteiger partial charge is 0.387 e. The predicted octanol–water partition coefficient (Wildman–Crippen LogP) is 2.66. The van der Waals surface area contributed by atoms with Crippen LogP contribution in [0, 0.1) is 0 Å². The molecule has 0 aliphatic heterocycles. The molecule has 2 rings (SSSR count). The molecule has 0 aliphatic rings. The maximum absolute atomic E-state index is 12.2. The van der Waals surface area contributed by atoms with Crippen LogP contribution < -0.4 is 10.1 Å². The number of halogens is 2. The molecule has 5 nitrogen and oxygen atoms in total. The number of ether oxygens (including phenoxy) is 1. The van der Waals surface area contributed by atoms with Crippen molar-refractivity contribution in [2.45, 2.75) is 17.9 Å². The van der Waals surface area contributed by atoms with Crippen LogP contribution in [0.25, 0.3) is 0 Å². The van der Waals surface area contributed by atoms with E-state index in [0.29, 0.717) is 6.42 Å². The molecule has 25 heavy (non-hydrogen) atoms. The van der Waals surface area contributed by atoms with Crippen molar-refractivity contribution in [1.29, 1.82) is 0 Å². The van der Waals surface area contributed by atoms with Gasteiger partial charge in [-0.3, -0.25) is 4.79 Å². The first kappa shape index (κ1) is 18.9. The summed E-state index contributed by atoms with van der Waals surface area (Å²) in [6.45, 7) is -2.61. The summed E-state index contributed by atoms with van der Waals surface area (Å²) in [5.41, 5.74) is 0.906. The van der Waals surface area contributed by atoms with Gasteiger partial charge in [0.05, 0.1) is 10.5 Å². The van der Waals surface area contributed by atoms with Crippen LogP contribution in [0.1, 0.15) is 15.9 Å². The van der Waals surface area contributed by atoms with Gasteiger partial charge in [0, 0.05) is 12.8 Å². The van der Waals surface area contributed by atoms with Crippen LogP contribution in [0.3, 0.4) is 0 Å². The van der Waals surface area contributed by atoms with Crippen LogP contribution in [-0.4, -0.2) is 33.7 Å². The molecule has 0 saturated carbocycles. The number of rotatable bonds is 7. The second-order valence-corrected chi connectivity index (χ2v) is 7.28. The first-order valence-electron chi connectivity index (χ1n) is 7.38. The summed E-state index contributed by atoms with van der Waals surface area (Å²) in [7, 11) is -3.51. The van der Waals surface area contributed by atoms with E-state index in [1.807, 2.05) is 0 Å². The number of alkyl halides is 2. The quantitative estimate of drug-likeness (QED) is 0.814. The molecular weight excluding hydrogens is 352 g/mol. The summed E-state index contributed by atoms with van der Waals surface area (Å²) in [6, 6.07) is 12.0. The fourth-order valence-electron chi connectivity index (χ4n) is 2.23. The number of carbonyl (C=O) groups excluding carboxylic acids is 1. The number of carbonyl (C=O) groups is 1.